The molecule has 0 radical (unpaired) electrons. The summed E-state index contributed by atoms with van der Waals surface area (Å²) in [6.07, 6.45) is 0. The lowest BCUT2D eigenvalue weighted by Crippen LogP contribution is -2.27. The van der Waals surface area contributed by atoms with Crippen molar-refractivity contribution in [2.45, 2.75) is 20.2 Å². The lowest BCUT2D eigenvalue weighted by molar-refractivity contribution is 0.728. The van der Waals surface area contributed by atoms with Crippen molar-refractivity contribution < 1.29 is 0 Å². The zero-order valence-electron chi connectivity index (χ0n) is 20.8. The largest absolute Gasteiger partial charge is 0.251 e. The van der Waals surface area contributed by atoms with Crippen molar-refractivity contribution in [3.05, 3.63) is 132 Å². The van der Waals surface area contributed by atoms with E-state index in [4.69, 9.17) is 9.97 Å². The molecule has 2 nitrogen and oxygen atoms in total. The Bertz CT molecular complexity index is 1750. The third-order valence-corrected chi connectivity index (χ3v) is 12.2. The fourth-order valence-electron chi connectivity index (χ4n) is 6.32. The van der Waals surface area contributed by atoms with Gasteiger partial charge in [0.15, 0.2) is 0 Å². The lowest BCUT2D eigenvalue weighted by atomic mass is 9.83. The first-order chi connectivity index (χ1) is 19.2. The third kappa shape index (κ3) is 3.60. The molecule has 2 aliphatic heterocycles. The molecule has 0 fully saturated rings. The molecule has 0 unspecified atom stereocenters. The van der Waals surface area contributed by atoms with Crippen molar-refractivity contribution >= 4 is 65.4 Å². The van der Waals surface area contributed by atoms with E-state index in [9.17, 15) is 0 Å². The average molecular weight is 650 g/mol. The molecule has 4 atom stereocenters. The van der Waals surface area contributed by atoms with Gasteiger partial charge in [0.2, 0.25) is 0 Å². The van der Waals surface area contributed by atoms with Crippen LogP contribution in [0.15, 0.2) is 109 Å². The summed E-state index contributed by atoms with van der Waals surface area (Å²) in [5.41, 5.74) is 12.0. The minimum Gasteiger partial charge on any atom is -0.251 e. The Kier molecular flexibility index (Phi) is 5.69. The van der Waals surface area contributed by atoms with Gasteiger partial charge in [0.05, 0.1) is 42.6 Å². The number of pyridine rings is 2. The second-order valence-electron chi connectivity index (χ2n) is 10.1. The number of hydrogen-bond donors (Lipinski definition) is 0. The molecule has 0 aliphatic carbocycles. The van der Waals surface area contributed by atoms with Gasteiger partial charge in [-0.15, -0.1) is 11.8 Å². The van der Waals surface area contributed by atoms with E-state index in [-0.39, 0.29) is 20.2 Å². The molecule has 2 aliphatic rings. The maximum atomic E-state index is 5.36. The smallest absolute Gasteiger partial charge is 0.0712 e. The molecule has 0 saturated heterocycles. The van der Waals surface area contributed by atoms with Crippen LogP contribution in [0.4, 0.5) is 0 Å². The van der Waals surface area contributed by atoms with Gasteiger partial charge in [-0.05, 0) is 45.5 Å². The summed E-state index contributed by atoms with van der Waals surface area (Å²) in [7, 11) is 0. The molecule has 5 heteroatoms. The molecule has 4 aromatic carbocycles. The Hall–Kier alpha value is -2.99. The molecule has 2 bridgehead atoms. The number of alkyl halides is 2. The first-order valence-electron chi connectivity index (χ1n) is 13.1. The molecule has 188 valence electrons. The predicted molar refractivity (Wildman–Crippen MR) is 171 cm³/mol. The topological polar surface area (TPSA) is 25.8 Å². The van der Waals surface area contributed by atoms with E-state index < -0.39 is 0 Å². The minimum atomic E-state index is 0.0668. The fraction of sp³-hybridized carbons (Fsp3) is 0.118. The van der Waals surface area contributed by atoms with Crippen molar-refractivity contribution in [2.75, 3.05) is 0 Å². The van der Waals surface area contributed by atoms with Gasteiger partial charge in [0, 0.05) is 10.8 Å². The van der Waals surface area contributed by atoms with Gasteiger partial charge in [0.1, 0.15) is 0 Å². The molecule has 39 heavy (non-hydrogen) atoms. The molecular formula is C34H22Br2N2S. The van der Waals surface area contributed by atoms with Crippen LogP contribution in [-0.4, -0.2) is 9.97 Å². The average Bonchev–Trinajstić information content (AvgIpc) is 2.99. The predicted octanol–water partition coefficient (Wildman–Crippen LogP) is 10.5. The van der Waals surface area contributed by atoms with Crippen LogP contribution < -0.4 is 0 Å². The van der Waals surface area contributed by atoms with Gasteiger partial charge >= 0.3 is 0 Å². The third-order valence-electron chi connectivity index (χ3n) is 7.96. The Morgan fingerprint density at radius 1 is 0.487 bits per heavy atom. The number of fused-ring (bicyclic) bond motifs is 8. The first kappa shape index (κ1) is 23.9. The highest BCUT2D eigenvalue weighted by molar-refractivity contribution is 9.09. The zero-order valence-corrected chi connectivity index (χ0v) is 24.7. The summed E-state index contributed by atoms with van der Waals surface area (Å²) in [5, 5.41) is 2.70. The minimum absolute atomic E-state index is 0.0668. The van der Waals surface area contributed by atoms with E-state index in [1.165, 1.54) is 44.2 Å². The number of aromatic nitrogens is 2. The van der Waals surface area contributed by atoms with Gasteiger partial charge in [-0.1, -0.05) is 129 Å². The number of benzene rings is 4. The molecule has 4 heterocycles. The van der Waals surface area contributed by atoms with Gasteiger partial charge < -0.3 is 0 Å². The summed E-state index contributed by atoms with van der Waals surface area (Å²) in [6.45, 7) is 0. The number of thioether (sulfide) groups is 1. The normalized spacial score (nSPS) is 21.5. The molecule has 8 rings (SSSR count). The summed E-state index contributed by atoms with van der Waals surface area (Å²) in [4.78, 5) is 10.9. The molecular weight excluding hydrogens is 628 g/mol. The number of para-hydroxylation sites is 2. The lowest BCUT2D eigenvalue weighted by Gasteiger charge is -2.43. The van der Waals surface area contributed by atoms with Crippen LogP contribution in [0.3, 0.4) is 0 Å². The second-order valence-corrected chi connectivity index (χ2v) is 13.4. The fourth-order valence-corrected chi connectivity index (χ4v) is 9.98. The van der Waals surface area contributed by atoms with Gasteiger partial charge in [-0.3, -0.25) is 9.97 Å². The second kappa shape index (κ2) is 9.29. The highest BCUT2D eigenvalue weighted by Gasteiger charge is 2.48. The monoisotopic (exact) mass is 648 g/mol. The van der Waals surface area contributed by atoms with E-state index >= 15 is 0 Å². The van der Waals surface area contributed by atoms with Gasteiger partial charge in [-0.2, -0.15) is 0 Å². The highest BCUT2D eigenvalue weighted by Crippen LogP contribution is 2.68. The maximum Gasteiger partial charge on any atom is 0.0712 e. The quantitative estimate of drug-likeness (QED) is 0.175. The summed E-state index contributed by atoms with van der Waals surface area (Å²) in [6, 6.07) is 38.7. The van der Waals surface area contributed by atoms with E-state index in [0.717, 1.165) is 22.4 Å². The van der Waals surface area contributed by atoms with Crippen LogP contribution in [0, 0.1) is 0 Å². The van der Waals surface area contributed by atoms with Crippen molar-refractivity contribution in [1.82, 2.24) is 9.97 Å². The van der Waals surface area contributed by atoms with Gasteiger partial charge in [0.25, 0.3) is 0 Å². The Morgan fingerprint density at radius 3 is 1.31 bits per heavy atom. The Labute approximate surface area is 248 Å². The Morgan fingerprint density at radius 2 is 0.872 bits per heavy atom. The number of nitrogens with zero attached hydrogens (tertiary/aromatic N) is 2. The maximum absolute atomic E-state index is 5.36. The van der Waals surface area contributed by atoms with Crippen LogP contribution >= 0.6 is 43.6 Å². The summed E-state index contributed by atoms with van der Waals surface area (Å²) >= 11 is 10.4. The summed E-state index contributed by atoms with van der Waals surface area (Å²) in [5.74, 6) is 0. The van der Waals surface area contributed by atoms with Crippen molar-refractivity contribution in [2.24, 2.45) is 0 Å². The van der Waals surface area contributed by atoms with E-state index in [1.54, 1.807) is 0 Å². The van der Waals surface area contributed by atoms with E-state index in [1.807, 2.05) is 11.8 Å². The first-order valence-corrected chi connectivity index (χ1v) is 15.9. The molecule has 0 saturated carbocycles. The van der Waals surface area contributed by atoms with Gasteiger partial charge in [-0.25, -0.2) is 0 Å². The van der Waals surface area contributed by atoms with Crippen LogP contribution in [0.2, 0.25) is 0 Å². The van der Waals surface area contributed by atoms with Crippen molar-refractivity contribution in [3.8, 4) is 22.3 Å². The summed E-state index contributed by atoms with van der Waals surface area (Å²) < 4.78 is 0. The van der Waals surface area contributed by atoms with E-state index in [2.05, 4.69) is 141 Å². The number of hydrogen-bond acceptors (Lipinski definition) is 3. The van der Waals surface area contributed by atoms with Crippen molar-refractivity contribution in [1.29, 1.82) is 0 Å². The van der Waals surface area contributed by atoms with Crippen LogP contribution in [0.1, 0.15) is 42.7 Å². The molecule has 0 amide bonds. The van der Waals surface area contributed by atoms with E-state index in [0.29, 0.717) is 0 Å². The molecule has 6 aromatic rings. The Balaban J connectivity index is 1.45. The molecule has 0 spiro atoms. The van der Waals surface area contributed by atoms with Crippen molar-refractivity contribution in [3.63, 3.8) is 0 Å². The van der Waals surface area contributed by atoms with Crippen LogP contribution in [-0.2, 0) is 0 Å². The highest BCUT2D eigenvalue weighted by atomic mass is 79.9. The number of rotatable bonds is 2. The SMILES string of the molecule is Br[C@H]1c2c(nc3ccccc3c2-c2ccccc2)[C@H]2S[C@@H]1c1nc3ccccc3c(-c3ccccc3)c1[C@@H]2Br. The zero-order chi connectivity index (χ0) is 26.1. The molecule has 2 aromatic heterocycles. The standard InChI is InChI=1S/C34H22Br2N2S/c35-29-27-25(19-11-3-1-4-12-19)21-15-7-9-17-23(21)37-31(27)34-30(36)28-26(20-13-5-2-6-14-20)22-16-8-10-18-24(22)38-32(28)33(29)39-34/h1-18,29-30,33-34H/t29-,30-,33-,34-/m0/s1. The molecule has 0 N–H and O–H groups in total. The van der Waals surface area contributed by atoms with Crippen LogP contribution in [0.5, 0.6) is 0 Å². The van der Waals surface area contributed by atoms with Crippen LogP contribution in [0.25, 0.3) is 44.1 Å². The number of halogens is 2.